The molecule has 10 nitrogen and oxygen atoms in total. The summed E-state index contributed by atoms with van der Waals surface area (Å²) in [4.78, 5) is 45.9. The minimum Gasteiger partial charge on any atom is -0.481 e. The molecule has 1 aliphatic rings. The zero-order chi connectivity index (χ0) is 22.4. The Labute approximate surface area is 177 Å². The minimum absolute atomic E-state index is 0.154. The fraction of sp³-hybridized carbons (Fsp3) is 0.250. The van der Waals surface area contributed by atoms with E-state index in [9.17, 15) is 18.8 Å². The number of amides is 3. The van der Waals surface area contributed by atoms with E-state index in [1.54, 1.807) is 31.2 Å². The molecule has 2 N–H and O–H groups in total. The van der Waals surface area contributed by atoms with Crippen molar-refractivity contribution in [3.05, 3.63) is 48.4 Å². The van der Waals surface area contributed by atoms with Gasteiger partial charge >= 0.3 is 12.0 Å². The van der Waals surface area contributed by atoms with E-state index in [1.165, 1.54) is 23.2 Å². The van der Waals surface area contributed by atoms with Crippen molar-refractivity contribution in [3.8, 4) is 11.6 Å². The maximum Gasteiger partial charge on any atom is 0.333 e. The van der Waals surface area contributed by atoms with Gasteiger partial charge in [0.2, 0.25) is 5.96 Å². The third-order valence-electron chi connectivity index (χ3n) is 4.30. The van der Waals surface area contributed by atoms with E-state index in [4.69, 9.17) is 9.84 Å². The lowest BCUT2D eigenvalue weighted by Crippen LogP contribution is -2.49. The molecule has 0 unspecified atom stereocenters. The van der Waals surface area contributed by atoms with Gasteiger partial charge in [0.25, 0.3) is 11.8 Å². The van der Waals surface area contributed by atoms with Crippen molar-refractivity contribution >= 4 is 29.6 Å². The van der Waals surface area contributed by atoms with Crippen LogP contribution in [-0.4, -0.2) is 63.4 Å². The predicted molar refractivity (Wildman–Crippen MR) is 108 cm³/mol. The number of carboxylic acid groups (broad SMARTS) is 1. The Kier molecular flexibility index (Phi) is 6.75. The van der Waals surface area contributed by atoms with Gasteiger partial charge in [0.1, 0.15) is 12.3 Å². The number of rotatable bonds is 7. The van der Waals surface area contributed by atoms with Gasteiger partial charge in [-0.2, -0.15) is 0 Å². The van der Waals surface area contributed by atoms with Crippen molar-refractivity contribution in [2.75, 3.05) is 25.0 Å². The van der Waals surface area contributed by atoms with Crippen LogP contribution in [0.25, 0.3) is 0 Å². The lowest BCUT2D eigenvalue weighted by atomic mass is 10.3. The number of aromatic nitrogens is 1. The number of nitrogens with zero attached hydrogens (tertiary/aromatic N) is 4. The smallest absolute Gasteiger partial charge is 0.333 e. The summed E-state index contributed by atoms with van der Waals surface area (Å²) >= 11 is 0. The van der Waals surface area contributed by atoms with Gasteiger partial charge in [-0.3, -0.25) is 19.4 Å². The molecule has 31 heavy (non-hydrogen) atoms. The fourth-order valence-electron chi connectivity index (χ4n) is 2.77. The molecule has 2 aromatic rings. The average Bonchev–Trinajstić information content (AvgIpc) is 2.85. The Morgan fingerprint density at radius 1 is 1.23 bits per heavy atom. The van der Waals surface area contributed by atoms with Crippen LogP contribution in [0.5, 0.6) is 11.6 Å². The van der Waals surface area contributed by atoms with Crippen molar-refractivity contribution in [1.82, 2.24) is 14.8 Å². The van der Waals surface area contributed by atoms with Crippen LogP contribution in [-0.2, 0) is 9.59 Å². The number of imide groups is 1. The van der Waals surface area contributed by atoms with Crippen molar-refractivity contribution < 1.29 is 28.6 Å². The number of aliphatic carboxylic acids is 1. The van der Waals surface area contributed by atoms with Crippen LogP contribution in [0.4, 0.5) is 14.9 Å². The monoisotopic (exact) mass is 429 g/mol. The highest BCUT2D eigenvalue weighted by Crippen LogP contribution is 2.23. The second-order valence-corrected chi connectivity index (χ2v) is 6.40. The zero-order valence-corrected chi connectivity index (χ0v) is 16.6. The van der Waals surface area contributed by atoms with Gasteiger partial charge in [-0.15, -0.1) is 0 Å². The molecule has 0 spiro atoms. The zero-order valence-electron chi connectivity index (χ0n) is 16.6. The van der Waals surface area contributed by atoms with Gasteiger partial charge in [-0.05, 0) is 43.3 Å². The lowest BCUT2D eigenvalue weighted by molar-refractivity contribution is -0.137. The van der Waals surface area contributed by atoms with Crippen LogP contribution >= 0.6 is 0 Å². The highest BCUT2D eigenvalue weighted by molar-refractivity contribution is 6.10. The van der Waals surface area contributed by atoms with Crippen LogP contribution in [0.1, 0.15) is 13.3 Å². The molecule has 162 valence electrons. The number of carbonyl (C=O) groups excluding carboxylic acids is 2. The SMILES string of the molecule is CCN1C(=O)N(CCC(=O)O)C(=O)CN=C1Nc1ccc(Oc2ncccc2F)cc1. The van der Waals surface area contributed by atoms with Gasteiger partial charge in [-0.1, -0.05) is 0 Å². The number of benzene rings is 1. The molecule has 2 heterocycles. The molecular formula is C20H20FN5O5. The van der Waals surface area contributed by atoms with Crippen LogP contribution in [0.3, 0.4) is 0 Å². The molecule has 11 heteroatoms. The highest BCUT2D eigenvalue weighted by Gasteiger charge is 2.31. The van der Waals surface area contributed by atoms with Gasteiger partial charge in [0.15, 0.2) is 5.82 Å². The summed E-state index contributed by atoms with van der Waals surface area (Å²) in [6, 6.07) is 8.46. The van der Waals surface area contributed by atoms with Crippen molar-refractivity contribution in [2.24, 2.45) is 4.99 Å². The summed E-state index contributed by atoms with van der Waals surface area (Å²) in [6.07, 6.45) is 1.06. The first-order chi connectivity index (χ1) is 14.9. The number of aliphatic imine (C=N–C) groups is 1. The standard InChI is InChI=1S/C20H20FN5O5/c1-2-25-19(23-12-16(27)26(20(25)30)11-9-17(28)29)24-13-5-7-14(8-6-13)31-18-15(21)4-3-10-22-18/h3-8,10H,2,9,11-12H2,1H3,(H,23,24)(H,28,29). The van der Waals surface area contributed by atoms with E-state index in [0.29, 0.717) is 11.4 Å². The van der Waals surface area contributed by atoms with Gasteiger partial charge < -0.3 is 15.2 Å². The molecule has 0 saturated heterocycles. The predicted octanol–water partition coefficient (Wildman–Crippen LogP) is 2.54. The molecule has 0 bridgehead atoms. The van der Waals surface area contributed by atoms with Crippen molar-refractivity contribution in [1.29, 1.82) is 0 Å². The Balaban J connectivity index is 1.72. The number of carbonyl (C=O) groups is 3. The van der Waals surface area contributed by atoms with Crippen LogP contribution < -0.4 is 10.1 Å². The highest BCUT2D eigenvalue weighted by atomic mass is 19.1. The second-order valence-electron chi connectivity index (χ2n) is 6.40. The number of nitrogens with one attached hydrogen (secondary N) is 1. The van der Waals surface area contributed by atoms with Crippen LogP contribution in [0.2, 0.25) is 0 Å². The first-order valence-corrected chi connectivity index (χ1v) is 9.42. The summed E-state index contributed by atoms with van der Waals surface area (Å²) in [6.45, 7) is 1.38. The molecule has 1 aromatic heterocycles. The molecule has 0 aliphatic carbocycles. The topological polar surface area (TPSA) is 124 Å². The molecule has 0 atom stereocenters. The van der Waals surface area contributed by atoms with E-state index in [2.05, 4.69) is 15.3 Å². The first-order valence-electron chi connectivity index (χ1n) is 9.42. The molecule has 0 radical (unpaired) electrons. The van der Waals surface area contributed by atoms with E-state index < -0.39 is 23.7 Å². The number of ether oxygens (including phenoxy) is 1. The fourth-order valence-corrected chi connectivity index (χ4v) is 2.77. The number of guanidine groups is 1. The van der Waals surface area contributed by atoms with Gasteiger partial charge in [-0.25, -0.2) is 19.2 Å². The van der Waals surface area contributed by atoms with Crippen molar-refractivity contribution in [3.63, 3.8) is 0 Å². The first kappa shape index (κ1) is 21.7. The Morgan fingerprint density at radius 3 is 2.61 bits per heavy atom. The number of urea groups is 1. The number of anilines is 1. The Morgan fingerprint density at radius 2 is 1.97 bits per heavy atom. The number of halogens is 1. The van der Waals surface area contributed by atoms with E-state index >= 15 is 0 Å². The summed E-state index contributed by atoms with van der Waals surface area (Å²) < 4.78 is 19.1. The number of hydrogen-bond acceptors (Lipinski definition) is 7. The number of hydrogen-bond donors (Lipinski definition) is 2. The van der Waals surface area contributed by atoms with E-state index in [-0.39, 0.29) is 37.9 Å². The van der Waals surface area contributed by atoms with Crippen molar-refractivity contribution in [2.45, 2.75) is 13.3 Å². The third-order valence-corrected chi connectivity index (χ3v) is 4.30. The summed E-state index contributed by atoms with van der Waals surface area (Å²) in [7, 11) is 0. The Bertz CT molecular complexity index is 1010. The van der Waals surface area contributed by atoms with E-state index in [1.807, 2.05) is 0 Å². The quantitative estimate of drug-likeness (QED) is 0.693. The minimum atomic E-state index is -1.11. The normalized spacial score (nSPS) is 14.2. The maximum absolute atomic E-state index is 13.7. The van der Waals surface area contributed by atoms with Crippen LogP contribution in [0.15, 0.2) is 47.6 Å². The second kappa shape index (κ2) is 9.65. The van der Waals surface area contributed by atoms with Crippen LogP contribution in [0, 0.1) is 5.82 Å². The lowest BCUT2D eigenvalue weighted by Gasteiger charge is -2.26. The summed E-state index contributed by atoms with van der Waals surface area (Å²) in [5.41, 5.74) is 0.547. The molecule has 0 saturated carbocycles. The van der Waals surface area contributed by atoms with E-state index in [0.717, 1.165) is 4.90 Å². The number of pyridine rings is 1. The summed E-state index contributed by atoms with van der Waals surface area (Å²) in [5.74, 6) is -1.93. The molecule has 1 aliphatic heterocycles. The summed E-state index contributed by atoms with van der Waals surface area (Å²) in [5, 5.41) is 11.8. The van der Waals surface area contributed by atoms with Gasteiger partial charge in [0.05, 0.1) is 6.42 Å². The Hall–Kier alpha value is -4.02. The average molecular weight is 429 g/mol. The maximum atomic E-state index is 13.7. The largest absolute Gasteiger partial charge is 0.481 e. The third kappa shape index (κ3) is 5.32. The molecule has 1 aromatic carbocycles. The molecule has 0 fully saturated rings. The molecule has 3 amide bonds. The molecule has 3 rings (SSSR count). The van der Waals surface area contributed by atoms with Gasteiger partial charge in [0, 0.05) is 25.0 Å². The molecular weight excluding hydrogens is 409 g/mol. The number of carboxylic acids is 1.